The molecule has 0 saturated heterocycles. The third-order valence-electron chi connectivity index (χ3n) is 3.51. The van der Waals surface area contributed by atoms with Gasteiger partial charge in [-0.15, -0.1) is 0 Å². The fourth-order valence-electron chi connectivity index (χ4n) is 2.18. The third-order valence-corrected chi connectivity index (χ3v) is 3.51. The van der Waals surface area contributed by atoms with Crippen molar-refractivity contribution in [2.45, 2.75) is 26.8 Å². The van der Waals surface area contributed by atoms with Crippen LogP contribution in [0.25, 0.3) is 0 Å². The summed E-state index contributed by atoms with van der Waals surface area (Å²) in [5.74, 6) is -0.390. The average Bonchev–Trinajstić information content (AvgIpc) is 2.46. The Balaban J connectivity index is 2.10. The first-order chi connectivity index (χ1) is 9.61. The first kappa shape index (κ1) is 14.1. The molecular formula is C17H20N2O. The van der Waals surface area contributed by atoms with Crippen molar-refractivity contribution in [2.24, 2.45) is 5.73 Å². The molecule has 0 heterocycles. The molecule has 0 aliphatic carbocycles. The van der Waals surface area contributed by atoms with Crippen molar-refractivity contribution in [2.75, 3.05) is 5.32 Å². The molecule has 1 amide bonds. The van der Waals surface area contributed by atoms with Crippen molar-refractivity contribution in [3.05, 3.63) is 64.7 Å². The SMILES string of the molecule is CCc1ccc(CNc2cccc(C(N)=O)c2C)cc1. The Kier molecular flexibility index (Phi) is 4.41. The van der Waals surface area contributed by atoms with Gasteiger partial charge in [0.25, 0.3) is 0 Å². The number of nitrogens with one attached hydrogen (secondary N) is 1. The molecule has 0 spiro atoms. The lowest BCUT2D eigenvalue weighted by molar-refractivity contribution is 0.1000. The van der Waals surface area contributed by atoms with Crippen molar-refractivity contribution < 1.29 is 4.79 Å². The van der Waals surface area contributed by atoms with Crippen LogP contribution in [0.5, 0.6) is 0 Å². The highest BCUT2D eigenvalue weighted by molar-refractivity contribution is 5.95. The van der Waals surface area contributed by atoms with Gasteiger partial charge in [0.2, 0.25) is 5.91 Å². The van der Waals surface area contributed by atoms with Crippen LogP contribution < -0.4 is 11.1 Å². The molecule has 0 unspecified atom stereocenters. The Morgan fingerprint density at radius 2 is 1.75 bits per heavy atom. The molecule has 3 N–H and O–H groups in total. The van der Waals surface area contributed by atoms with Crippen molar-refractivity contribution in [3.63, 3.8) is 0 Å². The largest absolute Gasteiger partial charge is 0.381 e. The zero-order chi connectivity index (χ0) is 14.5. The van der Waals surface area contributed by atoms with E-state index in [-0.39, 0.29) is 0 Å². The number of carbonyl (C=O) groups excluding carboxylic acids is 1. The average molecular weight is 268 g/mol. The van der Waals surface area contributed by atoms with E-state index in [1.54, 1.807) is 6.07 Å². The van der Waals surface area contributed by atoms with E-state index in [1.165, 1.54) is 11.1 Å². The molecule has 2 aromatic carbocycles. The second kappa shape index (κ2) is 6.24. The molecule has 2 rings (SSSR count). The fraction of sp³-hybridized carbons (Fsp3) is 0.235. The molecule has 3 nitrogen and oxygen atoms in total. The van der Waals surface area contributed by atoms with E-state index in [4.69, 9.17) is 5.73 Å². The van der Waals surface area contributed by atoms with Gasteiger partial charge in [-0.25, -0.2) is 0 Å². The second-order valence-electron chi connectivity index (χ2n) is 4.87. The van der Waals surface area contributed by atoms with E-state index < -0.39 is 5.91 Å². The molecule has 2 aromatic rings. The molecule has 3 heteroatoms. The normalized spacial score (nSPS) is 10.3. The smallest absolute Gasteiger partial charge is 0.249 e. The first-order valence-corrected chi connectivity index (χ1v) is 6.83. The van der Waals surface area contributed by atoms with Crippen LogP contribution in [0.3, 0.4) is 0 Å². The number of hydrogen-bond donors (Lipinski definition) is 2. The van der Waals surface area contributed by atoms with E-state index in [0.717, 1.165) is 24.2 Å². The number of primary amides is 1. The molecular weight excluding hydrogens is 248 g/mol. The minimum Gasteiger partial charge on any atom is -0.381 e. The number of aryl methyl sites for hydroxylation is 1. The second-order valence-corrected chi connectivity index (χ2v) is 4.87. The van der Waals surface area contributed by atoms with Crippen molar-refractivity contribution in [3.8, 4) is 0 Å². The Morgan fingerprint density at radius 3 is 2.35 bits per heavy atom. The Bertz CT molecular complexity index is 603. The summed E-state index contributed by atoms with van der Waals surface area (Å²) in [5.41, 5.74) is 10.3. The van der Waals surface area contributed by atoms with Gasteiger partial charge in [0.15, 0.2) is 0 Å². The molecule has 104 valence electrons. The van der Waals surface area contributed by atoms with Crippen LogP contribution in [0.4, 0.5) is 5.69 Å². The van der Waals surface area contributed by atoms with E-state index in [9.17, 15) is 4.79 Å². The van der Waals surface area contributed by atoms with E-state index in [1.807, 2.05) is 19.1 Å². The van der Waals surface area contributed by atoms with Gasteiger partial charge in [-0.3, -0.25) is 4.79 Å². The van der Waals surface area contributed by atoms with Gasteiger partial charge in [-0.05, 0) is 42.2 Å². The quantitative estimate of drug-likeness (QED) is 0.874. The highest BCUT2D eigenvalue weighted by atomic mass is 16.1. The van der Waals surface area contributed by atoms with Crippen LogP contribution in [0, 0.1) is 6.92 Å². The topological polar surface area (TPSA) is 55.1 Å². The van der Waals surface area contributed by atoms with E-state index in [2.05, 4.69) is 36.5 Å². The molecule has 20 heavy (non-hydrogen) atoms. The standard InChI is InChI=1S/C17H20N2O/c1-3-13-7-9-14(10-8-13)11-19-16-6-4-5-15(12(16)2)17(18)20/h4-10,19H,3,11H2,1-2H3,(H2,18,20). The fourth-order valence-corrected chi connectivity index (χ4v) is 2.18. The molecule has 0 radical (unpaired) electrons. The van der Waals surface area contributed by atoms with Crippen LogP contribution in [-0.2, 0) is 13.0 Å². The van der Waals surface area contributed by atoms with Crippen LogP contribution >= 0.6 is 0 Å². The highest BCUT2D eigenvalue weighted by Gasteiger charge is 2.07. The van der Waals surface area contributed by atoms with Crippen LogP contribution in [-0.4, -0.2) is 5.91 Å². The summed E-state index contributed by atoms with van der Waals surface area (Å²) >= 11 is 0. The van der Waals surface area contributed by atoms with Crippen LogP contribution in [0.15, 0.2) is 42.5 Å². The van der Waals surface area contributed by atoms with Crippen molar-refractivity contribution in [1.29, 1.82) is 0 Å². The van der Waals surface area contributed by atoms with Gasteiger partial charge >= 0.3 is 0 Å². The predicted molar refractivity (Wildman–Crippen MR) is 82.8 cm³/mol. The van der Waals surface area contributed by atoms with E-state index >= 15 is 0 Å². The summed E-state index contributed by atoms with van der Waals surface area (Å²) in [7, 11) is 0. The molecule has 0 saturated carbocycles. The maximum absolute atomic E-state index is 11.3. The monoisotopic (exact) mass is 268 g/mol. The number of carbonyl (C=O) groups is 1. The summed E-state index contributed by atoms with van der Waals surface area (Å²) in [4.78, 5) is 11.3. The van der Waals surface area contributed by atoms with Gasteiger partial charge in [0.1, 0.15) is 0 Å². The lowest BCUT2D eigenvalue weighted by Gasteiger charge is -2.12. The lowest BCUT2D eigenvalue weighted by Crippen LogP contribution is -2.13. The third kappa shape index (κ3) is 3.18. The van der Waals surface area contributed by atoms with Gasteiger partial charge < -0.3 is 11.1 Å². The van der Waals surface area contributed by atoms with E-state index in [0.29, 0.717) is 5.56 Å². The van der Waals surface area contributed by atoms with Gasteiger partial charge in [0, 0.05) is 17.8 Å². The minimum atomic E-state index is -0.390. The summed E-state index contributed by atoms with van der Waals surface area (Å²) in [6.45, 7) is 4.78. The number of hydrogen-bond acceptors (Lipinski definition) is 2. The molecule has 0 fully saturated rings. The number of anilines is 1. The van der Waals surface area contributed by atoms with Crippen LogP contribution in [0.2, 0.25) is 0 Å². The summed E-state index contributed by atoms with van der Waals surface area (Å²) in [6, 6.07) is 14.1. The summed E-state index contributed by atoms with van der Waals surface area (Å²) in [5, 5.41) is 3.35. The van der Waals surface area contributed by atoms with Gasteiger partial charge in [-0.1, -0.05) is 37.3 Å². The highest BCUT2D eigenvalue weighted by Crippen LogP contribution is 2.19. The summed E-state index contributed by atoms with van der Waals surface area (Å²) in [6.07, 6.45) is 1.05. The number of rotatable bonds is 5. The molecule has 0 atom stereocenters. The predicted octanol–water partition coefficient (Wildman–Crippen LogP) is 3.27. The lowest BCUT2D eigenvalue weighted by atomic mass is 10.1. The van der Waals surface area contributed by atoms with Crippen LogP contribution in [0.1, 0.15) is 34.0 Å². The zero-order valence-corrected chi connectivity index (χ0v) is 11.9. The summed E-state index contributed by atoms with van der Waals surface area (Å²) < 4.78 is 0. The molecule has 0 aliphatic heterocycles. The van der Waals surface area contributed by atoms with Gasteiger partial charge in [0.05, 0.1) is 0 Å². The maximum Gasteiger partial charge on any atom is 0.249 e. The number of amides is 1. The molecule has 0 bridgehead atoms. The zero-order valence-electron chi connectivity index (χ0n) is 11.9. The first-order valence-electron chi connectivity index (χ1n) is 6.83. The Labute approximate surface area is 119 Å². The van der Waals surface area contributed by atoms with Crippen molar-refractivity contribution >= 4 is 11.6 Å². The van der Waals surface area contributed by atoms with Crippen molar-refractivity contribution in [1.82, 2.24) is 0 Å². The maximum atomic E-state index is 11.3. The Morgan fingerprint density at radius 1 is 1.10 bits per heavy atom. The van der Waals surface area contributed by atoms with Gasteiger partial charge in [-0.2, -0.15) is 0 Å². The molecule has 0 aliphatic rings. The molecule has 0 aromatic heterocycles. The Hall–Kier alpha value is -2.29. The minimum absolute atomic E-state index is 0.390. The number of nitrogens with two attached hydrogens (primary N) is 1. The number of benzene rings is 2.